The van der Waals surface area contributed by atoms with E-state index in [2.05, 4.69) is 10.6 Å². The van der Waals surface area contributed by atoms with Crippen molar-refractivity contribution < 1.29 is 38.1 Å². The highest BCUT2D eigenvalue weighted by molar-refractivity contribution is 5.90. The maximum absolute atomic E-state index is 15.1. The van der Waals surface area contributed by atoms with E-state index in [-0.39, 0.29) is 37.5 Å². The van der Waals surface area contributed by atoms with Crippen molar-refractivity contribution in [2.24, 2.45) is 11.8 Å². The molecule has 2 saturated heterocycles. The Morgan fingerprint density at radius 3 is 2.54 bits per heavy atom. The van der Waals surface area contributed by atoms with Crippen molar-refractivity contribution in [1.29, 1.82) is 0 Å². The average Bonchev–Trinajstić information content (AvgIpc) is 3.67. The van der Waals surface area contributed by atoms with Gasteiger partial charge < -0.3 is 34.9 Å². The summed E-state index contributed by atoms with van der Waals surface area (Å²) in [6, 6.07) is 5.59. The SMILES string of the molecule is O=C1N[C@@H](C2CCCCC2)C(=O)N2C[C@@H](C[C@H]2C(=O)O)Oc2nc3ccccc3c(O[C@@H]3CCNC[C@@H]3F)c2CCCCC[C@@H]2C[C@H]2O1. The first-order valence-electron chi connectivity index (χ1n) is 18.0. The molecule has 7 atom stereocenters. The second-order valence-corrected chi connectivity index (χ2v) is 14.3. The number of carboxylic acids is 1. The number of para-hydroxylation sites is 1. The minimum Gasteiger partial charge on any atom is -0.486 e. The van der Waals surface area contributed by atoms with Crippen LogP contribution in [0.4, 0.5) is 9.18 Å². The minimum absolute atomic E-state index is 0.0332. The monoisotopic (exact) mass is 666 g/mol. The number of fused-ring (bicyclic) bond motifs is 5. The molecule has 2 bridgehead atoms. The van der Waals surface area contributed by atoms with Crippen LogP contribution in [0.15, 0.2) is 24.3 Å². The van der Waals surface area contributed by atoms with Gasteiger partial charge in [0.15, 0.2) is 0 Å². The van der Waals surface area contributed by atoms with Gasteiger partial charge in [0.25, 0.3) is 0 Å². The normalized spacial score (nSPS) is 32.1. The number of hydrogen-bond acceptors (Lipinski definition) is 8. The molecule has 1 aromatic heterocycles. The van der Waals surface area contributed by atoms with Gasteiger partial charge in [0.1, 0.15) is 42.3 Å². The van der Waals surface area contributed by atoms with Crippen LogP contribution >= 0.6 is 0 Å². The molecule has 3 N–H and O–H groups in total. The van der Waals surface area contributed by atoms with Crippen molar-refractivity contribution in [2.45, 2.75) is 120 Å². The number of alkyl halides is 1. The van der Waals surface area contributed by atoms with Crippen LogP contribution in [-0.4, -0.2) is 89.2 Å². The van der Waals surface area contributed by atoms with Gasteiger partial charge in [-0.3, -0.25) is 4.79 Å². The first kappa shape index (κ1) is 32.9. The van der Waals surface area contributed by atoms with Crippen LogP contribution in [0.5, 0.6) is 11.6 Å². The largest absolute Gasteiger partial charge is 0.486 e. The summed E-state index contributed by atoms with van der Waals surface area (Å²) in [5.74, 6) is -0.447. The molecule has 7 rings (SSSR count). The summed E-state index contributed by atoms with van der Waals surface area (Å²) in [5, 5.41) is 17.0. The maximum atomic E-state index is 15.1. The summed E-state index contributed by atoms with van der Waals surface area (Å²) in [6.45, 7) is 0.915. The van der Waals surface area contributed by atoms with E-state index in [0.29, 0.717) is 36.5 Å². The fraction of sp³-hybridized carbons (Fsp3) is 0.667. The van der Waals surface area contributed by atoms with Gasteiger partial charge in [0.2, 0.25) is 11.8 Å². The highest BCUT2D eigenvalue weighted by Gasteiger charge is 2.46. The third kappa shape index (κ3) is 7.18. The van der Waals surface area contributed by atoms with Crippen LogP contribution in [0.2, 0.25) is 0 Å². The number of hydrogen-bond donors (Lipinski definition) is 3. The molecule has 1 aromatic carbocycles. The second kappa shape index (κ2) is 14.4. The van der Waals surface area contributed by atoms with E-state index in [4.69, 9.17) is 19.2 Å². The predicted octanol–water partition coefficient (Wildman–Crippen LogP) is 4.93. The number of carbonyl (C=O) groups is 3. The van der Waals surface area contributed by atoms with E-state index in [1.807, 2.05) is 24.3 Å². The Bertz CT molecular complexity index is 1500. The van der Waals surface area contributed by atoms with Crippen molar-refractivity contribution in [2.75, 3.05) is 19.6 Å². The van der Waals surface area contributed by atoms with Crippen molar-refractivity contribution in [3.8, 4) is 11.6 Å². The summed E-state index contributed by atoms with van der Waals surface area (Å²) in [5.41, 5.74) is 1.38. The Hall–Kier alpha value is -3.67. The predicted molar refractivity (Wildman–Crippen MR) is 175 cm³/mol. The van der Waals surface area contributed by atoms with E-state index in [1.54, 1.807) is 0 Å². The molecule has 2 amide bonds. The molecule has 0 spiro atoms. The summed E-state index contributed by atoms with van der Waals surface area (Å²) >= 11 is 0. The molecule has 2 saturated carbocycles. The highest BCUT2D eigenvalue weighted by Crippen LogP contribution is 2.41. The number of carbonyl (C=O) groups excluding carboxylic acids is 2. The molecule has 260 valence electrons. The zero-order chi connectivity index (χ0) is 33.2. The van der Waals surface area contributed by atoms with Crippen molar-refractivity contribution in [1.82, 2.24) is 20.5 Å². The van der Waals surface area contributed by atoms with Crippen LogP contribution in [-0.2, 0) is 20.7 Å². The average molecular weight is 667 g/mol. The lowest BCUT2D eigenvalue weighted by atomic mass is 9.83. The van der Waals surface area contributed by atoms with Crippen molar-refractivity contribution in [3.05, 3.63) is 29.8 Å². The third-order valence-electron chi connectivity index (χ3n) is 10.9. The van der Waals surface area contributed by atoms with Gasteiger partial charge in [-0.1, -0.05) is 44.2 Å². The van der Waals surface area contributed by atoms with Crippen LogP contribution in [0.25, 0.3) is 10.9 Å². The van der Waals surface area contributed by atoms with E-state index in [1.165, 1.54) is 4.90 Å². The lowest BCUT2D eigenvalue weighted by Crippen LogP contribution is -2.55. The molecule has 2 aliphatic carbocycles. The Labute approximate surface area is 280 Å². The van der Waals surface area contributed by atoms with Crippen LogP contribution < -0.4 is 20.1 Å². The van der Waals surface area contributed by atoms with Gasteiger partial charge in [-0.05, 0) is 75.5 Å². The number of nitrogens with zero attached hydrogens (tertiary/aromatic N) is 2. The van der Waals surface area contributed by atoms with Crippen molar-refractivity contribution >= 4 is 28.9 Å². The first-order valence-corrected chi connectivity index (χ1v) is 18.0. The number of rotatable bonds is 4. The number of nitrogens with one attached hydrogen (secondary N) is 2. The summed E-state index contributed by atoms with van der Waals surface area (Å²) in [7, 11) is 0. The molecule has 11 nitrogen and oxygen atoms in total. The van der Waals surface area contributed by atoms with Gasteiger partial charge in [-0.2, -0.15) is 0 Å². The number of carboxylic acid groups (broad SMARTS) is 1. The second-order valence-electron chi connectivity index (χ2n) is 14.3. The minimum atomic E-state index is -1.17. The quantitative estimate of drug-likeness (QED) is 0.415. The van der Waals surface area contributed by atoms with Crippen molar-refractivity contribution in [3.63, 3.8) is 0 Å². The number of benzene rings is 1. The zero-order valence-corrected chi connectivity index (χ0v) is 27.4. The molecular formula is C36H47FN4O7. The van der Waals surface area contributed by atoms with Crippen LogP contribution in [0.1, 0.15) is 82.6 Å². The van der Waals surface area contributed by atoms with E-state index >= 15 is 4.39 Å². The molecule has 4 fully saturated rings. The Morgan fingerprint density at radius 2 is 1.75 bits per heavy atom. The Balaban J connectivity index is 1.24. The summed E-state index contributed by atoms with van der Waals surface area (Å²) in [4.78, 5) is 46.2. The third-order valence-corrected chi connectivity index (χ3v) is 10.9. The number of piperidine rings is 1. The lowest BCUT2D eigenvalue weighted by Gasteiger charge is -2.33. The summed E-state index contributed by atoms with van der Waals surface area (Å²) < 4.78 is 34.0. The fourth-order valence-electron chi connectivity index (χ4n) is 8.13. The molecular weight excluding hydrogens is 619 g/mol. The molecule has 0 radical (unpaired) electrons. The van der Waals surface area contributed by atoms with Crippen LogP contribution in [0, 0.1) is 11.8 Å². The molecule has 0 unspecified atom stereocenters. The highest BCUT2D eigenvalue weighted by atomic mass is 19.1. The van der Waals surface area contributed by atoms with Gasteiger partial charge in [0.05, 0.1) is 17.6 Å². The zero-order valence-electron chi connectivity index (χ0n) is 27.4. The number of alkyl carbamates (subject to hydrolysis) is 1. The lowest BCUT2D eigenvalue weighted by molar-refractivity contribution is -0.149. The fourth-order valence-corrected chi connectivity index (χ4v) is 8.13. The molecule has 48 heavy (non-hydrogen) atoms. The number of aromatic nitrogens is 1. The number of ether oxygens (including phenoxy) is 3. The molecule has 4 heterocycles. The van der Waals surface area contributed by atoms with Gasteiger partial charge >= 0.3 is 12.1 Å². The maximum Gasteiger partial charge on any atom is 0.408 e. The van der Waals surface area contributed by atoms with E-state index in [9.17, 15) is 19.5 Å². The standard InChI is InChI=1S/C36H47FN4O7/c37-26-19-38-16-15-29(26)47-32-24-12-7-8-14-27(24)39-33-25(32)13-6-2-5-11-22-17-30(22)48-36(45)40-31(21-9-3-1-4-10-21)34(42)41-20-23(46-33)18-28(41)35(43)44/h7-8,12,14,21-23,26,28-31,38H,1-6,9-11,13,15-20H2,(H,40,45)(H,43,44)/t22-,23-,26+,28+,29-,30-,31+/m1/s1. The first-order chi connectivity index (χ1) is 23.4. The van der Waals surface area contributed by atoms with E-state index < -0.39 is 48.4 Å². The number of amides is 2. The number of halogens is 1. The molecule has 12 heteroatoms. The van der Waals surface area contributed by atoms with Gasteiger partial charge in [-0.15, -0.1) is 0 Å². The van der Waals surface area contributed by atoms with Gasteiger partial charge in [-0.25, -0.2) is 19.0 Å². The smallest absolute Gasteiger partial charge is 0.408 e. The summed E-state index contributed by atoms with van der Waals surface area (Å²) in [6.07, 6.45) is 6.90. The van der Waals surface area contributed by atoms with Gasteiger partial charge in [0, 0.05) is 18.4 Å². The Morgan fingerprint density at radius 1 is 0.979 bits per heavy atom. The molecule has 3 aliphatic heterocycles. The Kier molecular flexibility index (Phi) is 9.88. The topological polar surface area (TPSA) is 139 Å². The number of aliphatic carboxylic acids is 1. The number of pyridine rings is 1. The molecule has 2 aromatic rings. The molecule has 5 aliphatic rings. The van der Waals surface area contributed by atoms with Crippen LogP contribution in [0.3, 0.4) is 0 Å². The van der Waals surface area contributed by atoms with E-state index in [0.717, 1.165) is 75.2 Å².